The maximum atomic E-state index is 10.2. The van der Waals surface area contributed by atoms with Gasteiger partial charge in [0.1, 0.15) is 0 Å². The van der Waals surface area contributed by atoms with Crippen LogP contribution in [0.4, 0.5) is 0 Å². The summed E-state index contributed by atoms with van der Waals surface area (Å²) in [5.41, 5.74) is 0. The molecule has 0 aliphatic heterocycles. The highest BCUT2D eigenvalue weighted by Gasteiger charge is 1.96. The van der Waals surface area contributed by atoms with E-state index >= 15 is 0 Å². The summed E-state index contributed by atoms with van der Waals surface area (Å²) in [5.74, 6) is -0.792. The lowest BCUT2D eigenvalue weighted by atomic mass is 10.3. The third kappa shape index (κ3) is 17.3. The van der Waals surface area contributed by atoms with Crippen molar-refractivity contribution in [3.63, 3.8) is 0 Å². The van der Waals surface area contributed by atoms with Gasteiger partial charge in [-0.1, -0.05) is 6.92 Å². The van der Waals surface area contributed by atoms with Crippen LogP contribution in [-0.4, -0.2) is 63.9 Å². The Balaban J connectivity index is 2.93. The highest BCUT2D eigenvalue weighted by atomic mass is 16.6. The summed E-state index contributed by atoms with van der Waals surface area (Å²) < 4.78 is 21.0. The molecule has 0 aliphatic carbocycles. The summed E-state index contributed by atoms with van der Waals surface area (Å²) in [4.78, 5) is 10.2. The molecule has 0 saturated carbocycles. The zero-order chi connectivity index (χ0) is 14.2. The molecule has 114 valence electrons. The van der Waals surface area contributed by atoms with Gasteiger partial charge in [0.15, 0.2) is 0 Å². The molecule has 0 heterocycles. The molecule has 0 aromatic rings. The highest BCUT2D eigenvalue weighted by Crippen LogP contribution is 1.90. The van der Waals surface area contributed by atoms with E-state index in [1.54, 1.807) is 0 Å². The van der Waals surface area contributed by atoms with E-state index in [-0.39, 0.29) is 6.42 Å². The van der Waals surface area contributed by atoms with Gasteiger partial charge in [0.05, 0.1) is 39.6 Å². The van der Waals surface area contributed by atoms with Gasteiger partial charge in [-0.25, -0.2) is 0 Å². The Morgan fingerprint density at radius 1 is 0.789 bits per heavy atom. The molecular formula is C13H26O6. The first-order chi connectivity index (χ1) is 9.27. The minimum Gasteiger partial charge on any atom is -0.481 e. The lowest BCUT2D eigenvalue weighted by molar-refractivity contribution is -0.137. The van der Waals surface area contributed by atoms with Crippen LogP contribution in [-0.2, 0) is 23.7 Å². The molecule has 19 heavy (non-hydrogen) atoms. The third-order valence-electron chi connectivity index (χ3n) is 2.14. The molecule has 0 unspecified atom stereocenters. The number of ether oxygens (including phenoxy) is 4. The van der Waals surface area contributed by atoms with E-state index in [1.165, 1.54) is 0 Å². The van der Waals surface area contributed by atoms with Crippen LogP contribution in [0.15, 0.2) is 0 Å². The fraction of sp³-hybridized carbons (Fsp3) is 0.923. The standard InChI is InChI=1S/C13H26O6/c1-2-5-16-7-9-18-11-12-19-10-8-17-6-3-4-13(14)15/h2-12H2,1H3,(H,14,15). The number of hydrogen-bond donors (Lipinski definition) is 1. The molecule has 0 rings (SSSR count). The molecule has 0 fully saturated rings. The molecule has 0 radical (unpaired) electrons. The normalized spacial score (nSPS) is 10.8. The summed E-state index contributed by atoms with van der Waals surface area (Å²) in [6.45, 7) is 6.59. The number of rotatable bonds is 15. The van der Waals surface area contributed by atoms with Crippen LogP contribution in [0.5, 0.6) is 0 Å². The summed E-state index contributed by atoms with van der Waals surface area (Å²) in [5, 5.41) is 8.40. The van der Waals surface area contributed by atoms with E-state index in [2.05, 4.69) is 6.92 Å². The summed E-state index contributed by atoms with van der Waals surface area (Å²) in [6.07, 6.45) is 1.71. The Labute approximate surface area is 115 Å². The van der Waals surface area contributed by atoms with Gasteiger partial charge in [-0.2, -0.15) is 0 Å². The smallest absolute Gasteiger partial charge is 0.303 e. The van der Waals surface area contributed by atoms with Crippen molar-refractivity contribution in [2.24, 2.45) is 0 Å². The van der Waals surface area contributed by atoms with Crippen molar-refractivity contribution in [2.45, 2.75) is 26.2 Å². The van der Waals surface area contributed by atoms with Gasteiger partial charge in [0, 0.05) is 19.6 Å². The monoisotopic (exact) mass is 278 g/mol. The van der Waals surface area contributed by atoms with Gasteiger partial charge in [-0.05, 0) is 12.8 Å². The predicted octanol–water partition coefficient (Wildman–Crippen LogP) is 1.33. The van der Waals surface area contributed by atoms with Crippen LogP contribution in [0.3, 0.4) is 0 Å². The molecule has 0 saturated heterocycles. The molecule has 6 nitrogen and oxygen atoms in total. The van der Waals surface area contributed by atoms with Gasteiger partial charge >= 0.3 is 5.97 Å². The molecule has 0 aromatic carbocycles. The SMILES string of the molecule is CCCOCCOCCOCCOCCCC(=O)O. The van der Waals surface area contributed by atoms with Crippen LogP contribution >= 0.6 is 0 Å². The molecule has 6 heteroatoms. The van der Waals surface area contributed by atoms with Crippen molar-refractivity contribution in [3.05, 3.63) is 0 Å². The van der Waals surface area contributed by atoms with Crippen molar-refractivity contribution < 1.29 is 28.8 Å². The maximum Gasteiger partial charge on any atom is 0.303 e. The first-order valence-corrected chi connectivity index (χ1v) is 6.80. The fourth-order valence-corrected chi connectivity index (χ4v) is 1.23. The average Bonchev–Trinajstić information content (AvgIpc) is 2.39. The molecule has 1 N–H and O–H groups in total. The van der Waals surface area contributed by atoms with Crippen LogP contribution in [0.25, 0.3) is 0 Å². The Hall–Kier alpha value is -0.690. The minimum absolute atomic E-state index is 0.148. The van der Waals surface area contributed by atoms with Gasteiger partial charge in [-0.3, -0.25) is 4.79 Å². The molecule has 0 aliphatic rings. The van der Waals surface area contributed by atoms with E-state index in [9.17, 15) is 4.79 Å². The van der Waals surface area contributed by atoms with Crippen LogP contribution < -0.4 is 0 Å². The number of aliphatic carboxylic acids is 1. The van der Waals surface area contributed by atoms with Crippen LogP contribution in [0.1, 0.15) is 26.2 Å². The Kier molecular flexibility index (Phi) is 14.8. The third-order valence-corrected chi connectivity index (χ3v) is 2.14. The zero-order valence-electron chi connectivity index (χ0n) is 11.8. The molecular weight excluding hydrogens is 252 g/mol. The van der Waals surface area contributed by atoms with Gasteiger partial charge in [0.25, 0.3) is 0 Å². The predicted molar refractivity (Wildman–Crippen MR) is 70.4 cm³/mol. The molecule has 0 spiro atoms. The maximum absolute atomic E-state index is 10.2. The average molecular weight is 278 g/mol. The Morgan fingerprint density at radius 2 is 1.21 bits per heavy atom. The molecule has 0 bridgehead atoms. The highest BCUT2D eigenvalue weighted by molar-refractivity contribution is 5.66. The van der Waals surface area contributed by atoms with Crippen molar-refractivity contribution in [2.75, 3.05) is 52.9 Å². The minimum atomic E-state index is -0.792. The van der Waals surface area contributed by atoms with E-state index in [1.807, 2.05) is 0 Å². The number of carboxylic acids is 1. The summed E-state index contributed by atoms with van der Waals surface area (Å²) in [7, 11) is 0. The first-order valence-electron chi connectivity index (χ1n) is 6.80. The van der Waals surface area contributed by atoms with Crippen molar-refractivity contribution in [1.82, 2.24) is 0 Å². The van der Waals surface area contributed by atoms with Crippen LogP contribution in [0, 0.1) is 0 Å². The van der Waals surface area contributed by atoms with E-state index < -0.39 is 5.97 Å². The van der Waals surface area contributed by atoms with E-state index in [0.29, 0.717) is 52.7 Å². The topological polar surface area (TPSA) is 74.2 Å². The lowest BCUT2D eigenvalue weighted by Crippen LogP contribution is -2.12. The Bertz CT molecular complexity index is 198. The van der Waals surface area contributed by atoms with Gasteiger partial charge < -0.3 is 24.1 Å². The Morgan fingerprint density at radius 3 is 1.63 bits per heavy atom. The van der Waals surface area contributed by atoms with Crippen LogP contribution in [0.2, 0.25) is 0 Å². The first kappa shape index (κ1) is 18.3. The van der Waals surface area contributed by atoms with Gasteiger partial charge in [-0.15, -0.1) is 0 Å². The fourth-order valence-electron chi connectivity index (χ4n) is 1.23. The summed E-state index contributed by atoms with van der Waals surface area (Å²) >= 11 is 0. The van der Waals surface area contributed by atoms with Gasteiger partial charge in [0.2, 0.25) is 0 Å². The number of carbonyl (C=O) groups is 1. The zero-order valence-corrected chi connectivity index (χ0v) is 11.8. The number of carboxylic acid groups (broad SMARTS) is 1. The summed E-state index contributed by atoms with van der Waals surface area (Å²) in [6, 6.07) is 0. The molecule has 0 aromatic heterocycles. The van der Waals surface area contributed by atoms with Crippen molar-refractivity contribution in [3.8, 4) is 0 Å². The van der Waals surface area contributed by atoms with Crippen molar-refractivity contribution >= 4 is 5.97 Å². The quantitative estimate of drug-likeness (QED) is 0.455. The second-order valence-corrected chi connectivity index (χ2v) is 3.95. The number of hydrogen-bond acceptors (Lipinski definition) is 5. The van der Waals surface area contributed by atoms with E-state index in [4.69, 9.17) is 24.1 Å². The second-order valence-electron chi connectivity index (χ2n) is 3.95. The molecule has 0 atom stereocenters. The largest absolute Gasteiger partial charge is 0.481 e. The lowest BCUT2D eigenvalue weighted by Gasteiger charge is -2.06. The molecule has 0 amide bonds. The second kappa shape index (κ2) is 15.4. The van der Waals surface area contributed by atoms with E-state index in [0.717, 1.165) is 13.0 Å². The van der Waals surface area contributed by atoms with Crippen molar-refractivity contribution in [1.29, 1.82) is 0 Å².